The fourth-order valence-electron chi connectivity index (χ4n) is 3.09. The zero-order valence-corrected chi connectivity index (χ0v) is 14.4. The number of amides is 2. The average Bonchev–Trinajstić information content (AvgIpc) is 2.67. The first-order chi connectivity index (χ1) is 13.5. The highest BCUT2D eigenvalue weighted by Gasteiger charge is 2.66. The molecule has 1 fully saturated rings. The highest BCUT2D eigenvalue weighted by atomic mass is 19.4. The number of halogens is 3. The molecule has 0 saturated carbocycles. The Morgan fingerprint density at radius 1 is 1.21 bits per heavy atom. The zero-order valence-electron chi connectivity index (χ0n) is 14.4. The summed E-state index contributed by atoms with van der Waals surface area (Å²) < 4.78 is 41.2. The number of nitrogens with one attached hydrogen (secondary N) is 2. The number of rotatable bonds is 4. The first-order valence-electron chi connectivity index (χ1n) is 8.12. The minimum atomic E-state index is -5.40. The van der Waals surface area contributed by atoms with Gasteiger partial charge in [-0.05, 0) is 17.7 Å². The molecule has 1 aromatic heterocycles. The highest BCUT2D eigenvalue weighted by molar-refractivity contribution is 5.99. The van der Waals surface area contributed by atoms with Crippen LogP contribution in [0.3, 0.4) is 0 Å². The van der Waals surface area contributed by atoms with Crippen molar-refractivity contribution in [2.45, 2.75) is 17.9 Å². The molecule has 152 valence electrons. The number of nitro benzene ring substituents is 1. The molecule has 29 heavy (non-hydrogen) atoms. The Hall–Kier alpha value is -3.54. The number of pyridine rings is 1. The maximum Gasteiger partial charge on any atom is 0.437 e. The molecular formula is C17H13F3N4O5. The summed E-state index contributed by atoms with van der Waals surface area (Å²) in [7, 11) is 0. The number of aromatic nitrogens is 1. The van der Waals surface area contributed by atoms with Gasteiger partial charge in [0, 0.05) is 18.3 Å². The van der Waals surface area contributed by atoms with Crippen molar-refractivity contribution in [1.29, 1.82) is 0 Å². The predicted molar refractivity (Wildman–Crippen MR) is 90.6 cm³/mol. The summed E-state index contributed by atoms with van der Waals surface area (Å²) in [6, 6.07) is 5.22. The van der Waals surface area contributed by atoms with Gasteiger partial charge >= 0.3 is 12.2 Å². The second-order valence-corrected chi connectivity index (χ2v) is 6.25. The van der Waals surface area contributed by atoms with Crippen molar-refractivity contribution in [1.82, 2.24) is 15.6 Å². The molecule has 1 aromatic carbocycles. The number of non-ortho nitro benzene ring substituents is 1. The number of nitro groups is 1. The molecule has 3 atom stereocenters. The van der Waals surface area contributed by atoms with E-state index < -0.39 is 40.6 Å². The lowest BCUT2D eigenvalue weighted by atomic mass is 9.78. The van der Waals surface area contributed by atoms with Gasteiger partial charge in [0.15, 0.2) is 5.78 Å². The van der Waals surface area contributed by atoms with E-state index in [1.165, 1.54) is 29.7 Å². The minimum Gasteiger partial charge on any atom is -0.363 e. The van der Waals surface area contributed by atoms with E-state index in [0.717, 1.165) is 24.3 Å². The van der Waals surface area contributed by atoms with Crippen molar-refractivity contribution in [3.8, 4) is 0 Å². The van der Waals surface area contributed by atoms with Crippen molar-refractivity contribution >= 4 is 17.5 Å². The quantitative estimate of drug-likeness (QED) is 0.401. The van der Waals surface area contributed by atoms with Crippen molar-refractivity contribution in [2.24, 2.45) is 5.92 Å². The number of aliphatic hydroxyl groups is 1. The first kappa shape index (κ1) is 20.2. The van der Waals surface area contributed by atoms with Crippen LogP contribution < -0.4 is 10.6 Å². The second-order valence-electron chi connectivity index (χ2n) is 6.25. The number of ketones is 1. The molecule has 9 nitrogen and oxygen atoms in total. The van der Waals surface area contributed by atoms with Crippen LogP contribution in [0.5, 0.6) is 0 Å². The molecule has 2 heterocycles. The lowest BCUT2D eigenvalue weighted by Crippen LogP contribution is -2.72. The van der Waals surface area contributed by atoms with Crippen LogP contribution in [0.1, 0.15) is 22.1 Å². The highest BCUT2D eigenvalue weighted by Crippen LogP contribution is 2.43. The van der Waals surface area contributed by atoms with E-state index in [-0.39, 0.29) is 16.9 Å². The van der Waals surface area contributed by atoms with Gasteiger partial charge in [0.2, 0.25) is 5.72 Å². The Kier molecular flexibility index (Phi) is 4.96. The van der Waals surface area contributed by atoms with Crippen LogP contribution in [-0.4, -0.2) is 38.7 Å². The lowest BCUT2D eigenvalue weighted by molar-refractivity contribution is -0.384. The van der Waals surface area contributed by atoms with Gasteiger partial charge in [-0.25, -0.2) is 4.79 Å². The monoisotopic (exact) mass is 410 g/mol. The van der Waals surface area contributed by atoms with Crippen LogP contribution in [0.15, 0.2) is 48.7 Å². The molecule has 0 spiro atoms. The number of alkyl halides is 3. The molecule has 1 saturated heterocycles. The summed E-state index contributed by atoms with van der Waals surface area (Å²) in [6.45, 7) is 0. The number of carbonyl (C=O) groups is 2. The molecule has 0 bridgehead atoms. The lowest BCUT2D eigenvalue weighted by Gasteiger charge is -2.44. The smallest absolute Gasteiger partial charge is 0.363 e. The molecule has 0 radical (unpaired) electrons. The van der Waals surface area contributed by atoms with Crippen molar-refractivity contribution in [2.75, 3.05) is 0 Å². The van der Waals surface area contributed by atoms with Crippen LogP contribution in [0, 0.1) is 16.0 Å². The van der Waals surface area contributed by atoms with Crippen LogP contribution in [-0.2, 0) is 0 Å². The van der Waals surface area contributed by atoms with Gasteiger partial charge in [-0.3, -0.25) is 19.9 Å². The molecule has 1 aliphatic rings. The van der Waals surface area contributed by atoms with E-state index in [0.29, 0.717) is 0 Å². The largest absolute Gasteiger partial charge is 0.437 e. The fraction of sp³-hybridized carbons (Fsp3) is 0.235. The molecule has 2 aromatic rings. The number of carbonyl (C=O) groups excluding carboxylic acids is 2. The molecular weight excluding hydrogens is 397 g/mol. The number of nitrogens with zero attached hydrogens (tertiary/aromatic N) is 2. The number of hydrogen-bond acceptors (Lipinski definition) is 6. The molecule has 0 aliphatic carbocycles. The Morgan fingerprint density at radius 2 is 1.86 bits per heavy atom. The van der Waals surface area contributed by atoms with Crippen LogP contribution in [0.25, 0.3) is 0 Å². The Bertz CT molecular complexity index is 952. The third-order valence-electron chi connectivity index (χ3n) is 4.47. The topological polar surface area (TPSA) is 134 Å². The fourth-order valence-corrected chi connectivity index (χ4v) is 3.09. The number of hydrogen-bond donors (Lipinski definition) is 3. The maximum absolute atomic E-state index is 13.7. The van der Waals surface area contributed by atoms with Crippen LogP contribution >= 0.6 is 0 Å². The van der Waals surface area contributed by atoms with Crippen molar-refractivity contribution < 1.29 is 32.8 Å². The normalized spacial score (nSPS) is 24.3. The number of Topliss-reactive ketones (excluding diaryl/α,β-unsaturated/α-hetero) is 1. The summed E-state index contributed by atoms with van der Waals surface area (Å²) in [4.78, 5) is 38.6. The van der Waals surface area contributed by atoms with Gasteiger partial charge in [0.25, 0.3) is 5.69 Å². The van der Waals surface area contributed by atoms with Gasteiger partial charge in [-0.2, -0.15) is 13.2 Å². The molecule has 0 unspecified atom stereocenters. The molecule has 12 heteroatoms. The number of urea groups is 1. The molecule has 2 amide bonds. The van der Waals surface area contributed by atoms with E-state index in [1.54, 1.807) is 0 Å². The van der Waals surface area contributed by atoms with E-state index in [1.807, 2.05) is 0 Å². The van der Waals surface area contributed by atoms with E-state index in [9.17, 15) is 38.0 Å². The van der Waals surface area contributed by atoms with Crippen molar-refractivity contribution in [3.63, 3.8) is 0 Å². The van der Waals surface area contributed by atoms with E-state index >= 15 is 0 Å². The minimum absolute atomic E-state index is 0.0394. The van der Waals surface area contributed by atoms with Gasteiger partial charge in [0.1, 0.15) is 11.6 Å². The average molecular weight is 410 g/mol. The van der Waals surface area contributed by atoms with E-state index in [4.69, 9.17) is 0 Å². The van der Waals surface area contributed by atoms with Gasteiger partial charge < -0.3 is 15.7 Å². The second kappa shape index (κ2) is 7.13. The predicted octanol–water partition coefficient (Wildman–Crippen LogP) is 2.09. The van der Waals surface area contributed by atoms with Gasteiger partial charge in [-0.15, -0.1) is 0 Å². The van der Waals surface area contributed by atoms with Gasteiger partial charge in [0.05, 0.1) is 11.0 Å². The molecule has 3 N–H and O–H groups in total. The number of benzene rings is 1. The third kappa shape index (κ3) is 3.61. The SMILES string of the molecule is O=C1N[C@H](c2ccc([N+](=O)[O-])cc2)[C@@H](C(=O)c2ccccn2)[C@](O)(C(F)(F)F)N1. The Labute approximate surface area is 160 Å². The zero-order chi connectivity index (χ0) is 21.4. The summed E-state index contributed by atoms with van der Waals surface area (Å²) in [5.74, 6) is -3.43. The molecule has 1 aliphatic heterocycles. The van der Waals surface area contributed by atoms with Crippen molar-refractivity contribution in [3.05, 3.63) is 70.0 Å². The summed E-state index contributed by atoms with van der Waals surface area (Å²) in [5, 5.41) is 24.8. The summed E-state index contributed by atoms with van der Waals surface area (Å²) >= 11 is 0. The van der Waals surface area contributed by atoms with Crippen LogP contribution in [0.4, 0.5) is 23.7 Å². The summed E-state index contributed by atoms with van der Waals surface area (Å²) in [6.07, 6.45) is -4.21. The standard InChI is InChI=1S/C17H13F3N4O5/c18-17(19,20)16(27)12(14(25)11-3-1-2-8-21-11)13(22-15(26)23-16)9-4-6-10(7-5-9)24(28)29/h1-8,12-13,27H,(H2,22,23,26)/t12-,13+,16-/m0/s1. The first-order valence-corrected chi connectivity index (χ1v) is 8.12. The maximum atomic E-state index is 13.7. The summed E-state index contributed by atoms with van der Waals surface area (Å²) in [5.41, 5.74) is -4.63. The Balaban J connectivity index is 2.14. The third-order valence-corrected chi connectivity index (χ3v) is 4.47. The molecule has 3 rings (SSSR count). The van der Waals surface area contributed by atoms with Gasteiger partial charge in [-0.1, -0.05) is 18.2 Å². The van der Waals surface area contributed by atoms with Crippen LogP contribution in [0.2, 0.25) is 0 Å². The van der Waals surface area contributed by atoms with E-state index in [2.05, 4.69) is 10.3 Å². The Morgan fingerprint density at radius 3 is 2.38 bits per heavy atom.